The predicted octanol–water partition coefficient (Wildman–Crippen LogP) is 3.58. The molecule has 68 valence electrons. The van der Waals surface area contributed by atoms with Crippen LogP contribution in [0, 0.1) is 5.92 Å². The molecule has 1 heteroatoms. The smallest absolute Gasteiger partial charge is 0.0263 e. The highest BCUT2D eigenvalue weighted by molar-refractivity contribution is 5.27. The third-order valence-corrected chi connectivity index (χ3v) is 1.78. The minimum Gasteiger partial charge on any atom is -0.273 e. The van der Waals surface area contributed by atoms with Crippen molar-refractivity contribution in [3.63, 3.8) is 0 Å². The molecule has 12 heavy (non-hydrogen) atoms. The maximum Gasteiger partial charge on any atom is 0.0263 e. The molecule has 0 aromatic rings. The first kappa shape index (κ1) is 11.2. The topological polar surface area (TPSA) is 12.4 Å². The van der Waals surface area contributed by atoms with Crippen LogP contribution in [0.15, 0.2) is 28.9 Å². The van der Waals surface area contributed by atoms with Gasteiger partial charge in [0.05, 0.1) is 0 Å². The monoisotopic (exact) mass is 165 g/mol. The largest absolute Gasteiger partial charge is 0.273 e. The van der Waals surface area contributed by atoms with Gasteiger partial charge in [-0.3, -0.25) is 4.99 Å². The van der Waals surface area contributed by atoms with Gasteiger partial charge in [-0.1, -0.05) is 25.5 Å². The zero-order valence-electron chi connectivity index (χ0n) is 8.38. The Kier molecular flexibility index (Phi) is 6.35. The lowest BCUT2D eigenvalue weighted by Crippen LogP contribution is -1.87. The van der Waals surface area contributed by atoms with E-state index in [1.165, 1.54) is 12.0 Å². The second kappa shape index (κ2) is 6.84. The van der Waals surface area contributed by atoms with E-state index < -0.39 is 0 Å². The molecular weight excluding hydrogens is 146 g/mol. The number of rotatable bonds is 5. The molecule has 0 heterocycles. The first-order valence-corrected chi connectivity index (χ1v) is 4.48. The SMILES string of the molecule is C=N/C=C\C(=C/C)CCC(C)C. The lowest BCUT2D eigenvalue weighted by Gasteiger charge is -2.03. The Balaban J connectivity index is 3.85. The second-order valence-corrected chi connectivity index (χ2v) is 3.29. The summed E-state index contributed by atoms with van der Waals surface area (Å²) in [6.07, 6.45) is 8.27. The van der Waals surface area contributed by atoms with Gasteiger partial charge in [0.2, 0.25) is 0 Å². The predicted molar refractivity (Wildman–Crippen MR) is 56.5 cm³/mol. The molecule has 0 N–H and O–H groups in total. The molecule has 0 saturated carbocycles. The van der Waals surface area contributed by atoms with E-state index in [2.05, 4.69) is 38.6 Å². The van der Waals surface area contributed by atoms with Gasteiger partial charge in [0.15, 0.2) is 0 Å². The van der Waals surface area contributed by atoms with Gasteiger partial charge in [-0.25, -0.2) is 0 Å². The number of nitrogens with zero attached hydrogens (tertiary/aromatic N) is 1. The molecule has 0 atom stereocenters. The van der Waals surface area contributed by atoms with Crippen molar-refractivity contribution in [1.82, 2.24) is 0 Å². The zero-order chi connectivity index (χ0) is 9.40. The molecule has 0 rings (SSSR count). The minimum absolute atomic E-state index is 0.769. The summed E-state index contributed by atoms with van der Waals surface area (Å²) >= 11 is 0. The van der Waals surface area contributed by atoms with Crippen LogP contribution in [0.2, 0.25) is 0 Å². The number of hydrogen-bond acceptors (Lipinski definition) is 1. The van der Waals surface area contributed by atoms with Crippen LogP contribution in [-0.2, 0) is 0 Å². The fraction of sp³-hybridized carbons (Fsp3) is 0.545. The Morgan fingerprint density at radius 3 is 2.58 bits per heavy atom. The Bertz CT molecular complexity index is 175. The first-order chi connectivity index (χ1) is 5.70. The van der Waals surface area contributed by atoms with E-state index in [1.54, 1.807) is 6.20 Å². The lowest BCUT2D eigenvalue weighted by molar-refractivity contribution is 0.588. The molecule has 0 saturated heterocycles. The fourth-order valence-electron chi connectivity index (χ4n) is 0.928. The highest BCUT2D eigenvalue weighted by Crippen LogP contribution is 2.12. The van der Waals surface area contributed by atoms with Gasteiger partial charge in [-0.15, -0.1) is 0 Å². The van der Waals surface area contributed by atoms with Crippen molar-refractivity contribution in [3.05, 3.63) is 23.9 Å². The summed E-state index contributed by atoms with van der Waals surface area (Å²) in [7, 11) is 0. The molecule has 0 amide bonds. The van der Waals surface area contributed by atoms with Crippen molar-refractivity contribution in [2.75, 3.05) is 0 Å². The van der Waals surface area contributed by atoms with Crippen LogP contribution in [-0.4, -0.2) is 6.72 Å². The Hall–Kier alpha value is -0.850. The Labute approximate surface area is 75.9 Å². The molecule has 0 fully saturated rings. The van der Waals surface area contributed by atoms with Crippen LogP contribution in [0.25, 0.3) is 0 Å². The summed E-state index contributed by atoms with van der Waals surface area (Å²) in [4.78, 5) is 3.68. The number of hydrogen-bond donors (Lipinski definition) is 0. The fourth-order valence-corrected chi connectivity index (χ4v) is 0.928. The molecule has 0 radical (unpaired) electrons. The first-order valence-electron chi connectivity index (χ1n) is 4.48. The third-order valence-electron chi connectivity index (χ3n) is 1.78. The summed E-state index contributed by atoms with van der Waals surface area (Å²) < 4.78 is 0. The van der Waals surface area contributed by atoms with Gasteiger partial charge in [-0.2, -0.15) is 0 Å². The van der Waals surface area contributed by atoms with Crippen molar-refractivity contribution in [2.24, 2.45) is 10.9 Å². The zero-order valence-corrected chi connectivity index (χ0v) is 8.38. The molecule has 0 aromatic heterocycles. The molecule has 0 unspecified atom stereocenters. The quantitative estimate of drug-likeness (QED) is 0.436. The van der Waals surface area contributed by atoms with Gasteiger partial charge in [0, 0.05) is 6.20 Å². The lowest BCUT2D eigenvalue weighted by atomic mass is 10.0. The van der Waals surface area contributed by atoms with Crippen LogP contribution >= 0.6 is 0 Å². The van der Waals surface area contributed by atoms with Gasteiger partial charge >= 0.3 is 0 Å². The van der Waals surface area contributed by atoms with Crippen molar-refractivity contribution in [2.45, 2.75) is 33.6 Å². The summed E-state index contributed by atoms with van der Waals surface area (Å²) in [5.41, 5.74) is 1.34. The van der Waals surface area contributed by atoms with Gasteiger partial charge < -0.3 is 0 Å². The standard InChI is InChI=1S/C11H19N/c1-5-11(8-9-12-4)7-6-10(2)3/h5,8-10H,4,6-7H2,1-3H3/b9-8-,11-5-. The van der Waals surface area contributed by atoms with E-state index >= 15 is 0 Å². The van der Waals surface area contributed by atoms with E-state index in [-0.39, 0.29) is 0 Å². The average molecular weight is 165 g/mol. The third kappa shape index (κ3) is 5.90. The van der Waals surface area contributed by atoms with Crippen LogP contribution in [0.3, 0.4) is 0 Å². The highest BCUT2D eigenvalue weighted by atomic mass is 14.6. The van der Waals surface area contributed by atoms with Crippen LogP contribution in [0.4, 0.5) is 0 Å². The van der Waals surface area contributed by atoms with E-state index in [4.69, 9.17) is 0 Å². The molecule has 0 aromatic carbocycles. The summed E-state index contributed by atoms with van der Waals surface area (Å²) in [6, 6.07) is 0. The van der Waals surface area contributed by atoms with E-state index in [0.717, 1.165) is 12.3 Å². The van der Waals surface area contributed by atoms with Crippen molar-refractivity contribution < 1.29 is 0 Å². The van der Waals surface area contributed by atoms with Crippen LogP contribution < -0.4 is 0 Å². The maximum atomic E-state index is 3.68. The van der Waals surface area contributed by atoms with E-state index in [9.17, 15) is 0 Å². The molecule has 0 aliphatic heterocycles. The summed E-state index contributed by atoms with van der Waals surface area (Å²) in [5.74, 6) is 0.769. The molecular formula is C11H19N. The maximum absolute atomic E-state index is 3.68. The normalized spacial score (nSPS) is 12.8. The summed E-state index contributed by atoms with van der Waals surface area (Å²) in [5, 5.41) is 0. The minimum atomic E-state index is 0.769. The second-order valence-electron chi connectivity index (χ2n) is 3.29. The van der Waals surface area contributed by atoms with Crippen molar-refractivity contribution in [1.29, 1.82) is 0 Å². The van der Waals surface area contributed by atoms with Crippen LogP contribution in [0.5, 0.6) is 0 Å². The number of allylic oxidation sites excluding steroid dienone is 3. The summed E-state index contributed by atoms with van der Waals surface area (Å²) in [6.45, 7) is 9.93. The highest BCUT2D eigenvalue weighted by Gasteiger charge is 1.95. The van der Waals surface area contributed by atoms with E-state index in [1.807, 2.05) is 6.08 Å². The Morgan fingerprint density at radius 1 is 1.50 bits per heavy atom. The van der Waals surface area contributed by atoms with Gasteiger partial charge in [0.1, 0.15) is 0 Å². The van der Waals surface area contributed by atoms with Crippen molar-refractivity contribution in [3.8, 4) is 0 Å². The average Bonchev–Trinajstić information content (AvgIpc) is 2.05. The van der Waals surface area contributed by atoms with E-state index in [0.29, 0.717) is 0 Å². The van der Waals surface area contributed by atoms with Gasteiger partial charge in [0.25, 0.3) is 0 Å². The molecule has 0 aliphatic rings. The number of aliphatic imine (C=N–C) groups is 1. The van der Waals surface area contributed by atoms with Crippen LogP contribution in [0.1, 0.15) is 33.6 Å². The molecule has 0 aliphatic carbocycles. The molecule has 1 nitrogen and oxygen atoms in total. The van der Waals surface area contributed by atoms with Gasteiger partial charge in [-0.05, 0) is 38.5 Å². The molecule has 0 spiro atoms. The van der Waals surface area contributed by atoms with Crippen molar-refractivity contribution >= 4 is 6.72 Å². The molecule has 0 bridgehead atoms. The Morgan fingerprint density at radius 2 is 2.17 bits per heavy atom.